The van der Waals surface area contributed by atoms with E-state index in [1.807, 2.05) is 44.2 Å². The highest BCUT2D eigenvalue weighted by Gasteiger charge is 2.24. The first kappa shape index (κ1) is 25.1. The lowest BCUT2D eigenvalue weighted by Crippen LogP contribution is -2.39. The Labute approximate surface area is 200 Å². The number of benzene rings is 2. The number of unbranched alkanes of at least 4 members (excludes halogenated alkanes) is 1. The molecule has 0 aliphatic rings. The summed E-state index contributed by atoms with van der Waals surface area (Å²) in [6.45, 7) is 10.3. The van der Waals surface area contributed by atoms with Crippen LogP contribution in [0.2, 0.25) is 0 Å². The SMILES string of the molecule is CCCCN(CC(=O)Nc1cc(C(C)(C)C)nn1-c1cccc(C)c1)C(=O)c1ccccc1F. The second-order valence-electron chi connectivity index (χ2n) is 9.52. The van der Waals surface area contributed by atoms with Gasteiger partial charge in [0.25, 0.3) is 5.91 Å². The van der Waals surface area contributed by atoms with Crippen molar-refractivity contribution >= 4 is 17.6 Å². The molecule has 0 unspecified atom stereocenters. The first-order valence-corrected chi connectivity index (χ1v) is 11.6. The van der Waals surface area contributed by atoms with Gasteiger partial charge in [-0.3, -0.25) is 9.59 Å². The number of halogens is 1. The Morgan fingerprint density at radius 2 is 1.82 bits per heavy atom. The predicted octanol–water partition coefficient (Wildman–Crippen LogP) is 5.50. The van der Waals surface area contributed by atoms with Gasteiger partial charge in [0.2, 0.25) is 5.91 Å². The summed E-state index contributed by atoms with van der Waals surface area (Å²) in [5, 5.41) is 7.66. The summed E-state index contributed by atoms with van der Waals surface area (Å²) in [7, 11) is 0. The zero-order valence-corrected chi connectivity index (χ0v) is 20.6. The van der Waals surface area contributed by atoms with Gasteiger partial charge in [0, 0.05) is 18.0 Å². The molecule has 0 spiro atoms. The third-order valence-corrected chi connectivity index (χ3v) is 5.50. The van der Waals surface area contributed by atoms with Crippen molar-refractivity contribution in [1.29, 1.82) is 0 Å². The largest absolute Gasteiger partial charge is 0.329 e. The van der Waals surface area contributed by atoms with Crippen LogP contribution in [0.15, 0.2) is 54.6 Å². The molecule has 1 N–H and O–H groups in total. The van der Waals surface area contributed by atoms with Crippen molar-refractivity contribution in [3.05, 3.63) is 77.2 Å². The Kier molecular flexibility index (Phi) is 7.87. The van der Waals surface area contributed by atoms with E-state index in [1.165, 1.54) is 23.1 Å². The number of rotatable bonds is 8. The lowest BCUT2D eigenvalue weighted by Gasteiger charge is -2.22. The molecule has 180 valence electrons. The minimum atomic E-state index is -0.596. The fraction of sp³-hybridized carbons (Fsp3) is 0.370. The van der Waals surface area contributed by atoms with Gasteiger partial charge in [0.05, 0.1) is 16.9 Å². The lowest BCUT2D eigenvalue weighted by molar-refractivity contribution is -0.117. The standard InChI is InChI=1S/C27H33FN4O2/c1-6-7-15-31(26(34)21-13-8-9-14-22(21)28)18-25(33)29-24-17-23(27(3,4)5)30-32(24)20-12-10-11-19(2)16-20/h8-14,16-17H,6-7,15,18H2,1-5H3,(H,29,33). The summed E-state index contributed by atoms with van der Waals surface area (Å²) < 4.78 is 15.9. The molecule has 0 aliphatic heterocycles. The highest BCUT2D eigenvalue weighted by molar-refractivity contribution is 5.99. The average Bonchev–Trinajstić information content (AvgIpc) is 3.20. The maximum atomic E-state index is 14.2. The van der Waals surface area contributed by atoms with Gasteiger partial charge in [0.15, 0.2) is 0 Å². The molecule has 1 heterocycles. The number of hydrogen-bond acceptors (Lipinski definition) is 3. The first-order valence-electron chi connectivity index (χ1n) is 11.6. The van der Waals surface area contributed by atoms with E-state index in [-0.39, 0.29) is 23.4 Å². The van der Waals surface area contributed by atoms with Crippen molar-refractivity contribution < 1.29 is 14.0 Å². The van der Waals surface area contributed by atoms with Crippen LogP contribution in [-0.4, -0.2) is 39.6 Å². The van der Waals surface area contributed by atoms with Crippen LogP contribution in [0.1, 0.15) is 62.2 Å². The van der Waals surface area contributed by atoms with Crippen molar-refractivity contribution in [2.45, 2.75) is 52.9 Å². The first-order chi connectivity index (χ1) is 16.1. The van der Waals surface area contributed by atoms with E-state index < -0.39 is 11.7 Å². The topological polar surface area (TPSA) is 67.2 Å². The van der Waals surface area contributed by atoms with E-state index in [2.05, 4.69) is 26.1 Å². The van der Waals surface area contributed by atoms with Crippen molar-refractivity contribution in [1.82, 2.24) is 14.7 Å². The highest BCUT2D eigenvalue weighted by atomic mass is 19.1. The van der Waals surface area contributed by atoms with Crippen molar-refractivity contribution in [3.8, 4) is 5.69 Å². The molecule has 3 rings (SSSR count). The normalized spacial score (nSPS) is 11.4. The van der Waals surface area contributed by atoms with Crippen LogP contribution in [0.3, 0.4) is 0 Å². The van der Waals surface area contributed by atoms with Gasteiger partial charge >= 0.3 is 0 Å². The number of amides is 2. The molecule has 1 aromatic heterocycles. The molecule has 2 amide bonds. The molecular formula is C27H33FN4O2. The number of anilines is 1. The Hall–Kier alpha value is -3.48. The Morgan fingerprint density at radius 3 is 2.47 bits per heavy atom. The zero-order chi connectivity index (χ0) is 24.9. The van der Waals surface area contributed by atoms with Gasteiger partial charge in [-0.15, -0.1) is 0 Å². The molecule has 0 radical (unpaired) electrons. The fourth-order valence-corrected chi connectivity index (χ4v) is 3.56. The van der Waals surface area contributed by atoms with E-state index in [1.54, 1.807) is 10.7 Å². The summed E-state index contributed by atoms with van der Waals surface area (Å²) in [4.78, 5) is 27.5. The minimum absolute atomic E-state index is 0.0359. The van der Waals surface area contributed by atoms with Crippen LogP contribution in [-0.2, 0) is 10.2 Å². The van der Waals surface area contributed by atoms with Gasteiger partial charge < -0.3 is 10.2 Å². The van der Waals surface area contributed by atoms with Crippen molar-refractivity contribution in [2.24, 2.45) is 0 Å². The van der Waals surface area contributed by atoms with Crippen LogP contribution >= 0.6 is 0 Å². The number of carbonyl (C=O) groups excluding carboxylic acids is 2. The monoisotopic (exact) mass is 464 g/mol. The molecule has 6 nitrogen and oxygen atoms in total. The van der Waals surface area contributed by atoms with Crippen molar-refractivity contribution in [2.75, 3.05) is 18.4 Å². The number of nitrogens with zero attached hydrogens (tertiary/aromatic N) is 3. The van der Waals surface area contributed by atoms with Crippen LogP contribution in [0.25, 0.3) is 5.69 Å². The van der Waals surface area contributed by atoms with E-state index in [0.717, 1.165) is 23.4 Å². The summed E-state index contributed by atoms with van der Waals surface area (Å²) in [5.74, 6) is -0.935. The maximum absolute atomic E-state index is 14.2. The predicted molar refractivity (Wildman–Crippen MR) is 133 cm³/mol. The van der Waals surface area contributed by atoms with Crippen LogP contribution in [0, 0.1) is 12.7 Å². The van der Waals surface area contributed by atoms with Gasteiger partial charge in [-0.25, -0.2) is 9.07 Å². The number of aryl methyl sites for hydroxylation is 1. The second-order valence-corrected chi connectivity index (χ2v) is 9.52. The highest BCUT2D eigenvalue weighted by Crippen LogP contribution is 2.26. The Morgan fingerprint density at radius 1 is 1.09 bits per heavy atom. The number of aromatic nitrogens is 2. The fourth-order valence-electron chi connectivity index (χ4n) is 3.56. The number of nitrogens with one attached hydrogen (secondary N) is 1. The van der Waals surface area contributed by atoms with E-state index in [4.69, 9.17) is 5.10 Å². The summed E-state index contributed by atoms with van der Waals surface area (Å²) >= 11 is 0. The molecule has 34 heavy (non-hydrogen) atoms. The molecule has 0 fully saturated rings. The van der Waals surface area contributed by atoms with Crippen LogP contribution in [0.4, 0.5) is 10.2 Å². The summed E-state index contributed by atoms with van der Waals surface area (Å²) in [5.41, 5.74) is 2.48. The van der Waals surface area contributed by atoms with E-state index >= 15 is 0 Å². The van der Waals surface area contributed by atoms with Crippen LogP contribution < -0.4 is 5.32 Å². The maximum Gasteiger partial charge on any atom is 0.257 e. The summed E-state index contributed by atoms with van der Waals surface area (Å²) in [6, 6.07) is 15.6. The molecule has 3 aromatic rings. The zero-order valence-electron chi connectivity index (χ0n) is 20.6. The third kappa shape index (κ3) is 6.10. The molecule has 0 bridgehead atoms. The average molecular weight is 465 g/mol. The van der Waals surface area contributed by atoms with Crippen LogP contribution in [0.5, 0.6) is 0 Å². The number of hydrogen-bond donors (Lipinski definition) is 1. The van der Waals surface area contributed by atoms with E-state index in [9.17, 15) is 14.0 Å². The quantitative estimate of drug-likeness (QED) is 0.479. The molecular weight excluding hydrogens is 431 g/mol. The van der Waals surface area contributed by atoms with Gasteiger partial charge in [-0.2, -0.15) is 5.10 Å². The van der Waals surface area contributed by atoms with Crippen molar-refractivity contribution in [3.63, 3.8) is 0 Å². The number of carbonyl (C=O) groups is 2. The smallest absolute Gasteiger partial charge is 0.257 e. The third-order valence-electron chi connectivity index (χ3n) is 5.50. The second kappa shape index (κ2) is 10.6. The van der Waals surface area contributed by atoms with Gasteiger partial charge in [-0.05, 0) is 43.2 Å². The molecule has 0 atom stereocenters. The molecule has 7 heteroatoms. The Balaban J connectivity index is 1.87. The molecule has 0 aliphatic carbocycles. The van der Waals surface area contributed by atoms with E-state index in [0.29, 0.717) is 18.8 Å². The lowest BCUT2D eigenvalue weighted by atomic mass is 9.92. The Bertz CT molecular complexity index is 1160. The van der Waals surface area contributed by atoms with Gasteiger partial charge in [0.1, 0.15) is 18.2 Å². The molecule has 2 aromatic carbocycles. The molecule has 0 saturated carbocycles. The summed E-state index contributed by atoms with van der Waals surface area (Å²) in [6.07, 6.45) is 1.56. The molecule has 0 saturated heterocycles. The van der Waals surface area contributed by atoms with Gasteiger partial charge in [-0.1, -0.05) is 58.4 Å². The minimum Gasteiger partial charge on any atom is -0.329 e.